The van der Waals surface area contributed by atoms with E-state index in [0.29, 0.717) is 12.3 Å². The van der Waals surface area contributed by atoms with Gasteiger partial charge in [-0.25, -0.2) is 0 Å². The molecule has 0 aliphatic heterocycles. The van der Waals surface area contributed by atoms with Gasteiger partial charge >= 0.3 is 0 Å². The monoisotopic (exact) mass is 237 g/mol. The summed E-state index contributed by atoms with van der Waals surface area (Å²) >= 11 is 0. The highest BCUT2D eigenvalue weighted by atomic mass is 16.5. The Morgan fingerprint density at radius 1 is 1.53 bits per heavy atom. The normalized spacial score (nSPS) is 11.9. The molecule has 0 saturated carbocycles. The van der Waals surface area contributed by atoms with Gasteiger partial charge in [-0.2, -0.15) is 0 Å². The molecule has 1 atom stereocenters. The fourth-order valence-electron chi connectivity index (χ4n) is 1.26. The summed E-state index contributed by atoms with van der Waals surface area (Å²) in [4.78, 5) is 11.4. The Bertz CT molecular complexity index is 365. The van der Waals surface area contributed by atoms with Crippen molar-refractivity contribution in [1.82, 2.24) is 5.32 Å². The van der Waals surface area contributed by atoms with Crippen LogP contribution < -0.4 is 10.1 Å². The Morgan fingerprint density at radius 2 is 2.29 bits per heavy atom. The second-order valence-corrected chi connectivity index (χ2v) is 4.20. The Hall–Kier alpha value is -1.55. The van der Waals surface area contributed by atoms with Crippen LogP contribution in [0.1, 0.15) is 12.5 Å². The molecule has 1 aromatic carbocycles. The molecule has 94 valence electrons. The number of carbonyl (C=O) groups is 1. The van der Waals surface area contributed by atoms with Crippen molar-refractivity contribution < 1.29 is 14.6 Å². The van der Waals surface area contributed by atoms with Gasteiger partial charge in [0.05, 0.1) is 0 Å². The molecule has 4 heteroatoms. The molecule has 0 heterocycles. The van der Waals surface area contributed by atoms with Gasteiger partial charge in [-0.05, 0) is 30.5 Å². The minimum Gasteiger partial charge on any atom is -0.484 e. The largest absolute Gasteiger partial charge is 0.484 e. The number of ether oxygens (including phenoxy) is 1. The summed E-state index contributed by atoms with van der Waals surface area (Å²) in [5.74, 6) is 0.583. The topological polar surface area (TPSA) is 58.6 Å². The van der Waals surface area contributed by atoms with E-state index < -0.39 is 0 Å². The van der Waals surface area contributed by atoms with Crippen molar-refractivity contribution in [2.75, 3.05) is 19.8 Å². The molecule has 0 bridgehead atoms. The first kappa shape index (κ1) is 13.5. The highest BCUT2D eigenvalue weighted by molar-refractivity contribution is 5.77. The summed E-state index contributed by atoms with van der Waals surface area (Å²) in [5, 5.41) is 11.5. The number of aliphatic hydroxyl groups excluding tert-OH is 1. The summed E-state index contributed by atoms with van der Waals surface area (Å²) in [6.45, 7) is 4.37. The van der Waals surface area contributed by atoms with Crippen molar-refractivity contribution in [2.24, 2.45) is 5.92 Å². The molecule has 0 saturated heterocycles. The Labute approximate surface area is 102 Å². The van der Waals surface area contributed by atoms with Crippen molar-refractivity contribution in [3.8, 4) is 5.75 Å². The second kappa shape index (κ2) is 6.91. The van der Waals surface area contributed by atoms with Crippen LogP contribution in [0.5, 0.6) is 5.75 Å². The minimum atomic E-state index is -0.174. The molecule has 0 spiro atoms. The standard InChI is InChI=1S/C13H19NO3/c1-10-4-3-5-12(6-10)17-9-13(16)14-7-11(2)8-15/h3-6,11,15H,7-9H2,1-2H3,(H,14,16). The molecule has 0 fully saturated rings. The lowest BCUT2D eigenvalue weighted by Crippen LogP contribution is -2.33. The number of aliphatic hydroxyl groups is 1. The highest BCUT2D eigenvalue weighted by Gasteiger charge is 2.05. The third-order valence-corrected chi connectivity index (χ3v) is 2.32. The van der Waals surface area contributed by atoms with Crippen LogP contribution in [0.3, 0.4) is 0 Å². The average molecular weight is 237 g/mol. The van der Waals surface area contributed by atoms with E-state index in [1.807, 2.05) is 38.1 Å². The predicted molar refractivity (Wildman–Crippen MR) is 65.9 cm³/mol. The van der Waals surface area contributed by atoms with E-state index in [0.717, 1.165) is 5.56 Å². The van der Waals surface area contributed by atoms with E-state index in [1.165, 1.54) is 0 Å². The van der Waals surface area contributed by atoms with Crippen molar-refractivity contribution in [1.29, 1.82) is 0 Å². The number of benzene rings is 1. The third-order valence-electron chi connectivity index (χ3n) is 2.32. The van der Waals surface area contributed by atoms with Crippen LogP contribution in [0.15, 0.2) is 24.3 Å². The van der Waals surface area contributed by atoms with E-state index in [2.05, 4.69) is 5.32 Å². The maximum Gasteiger partial charge on any atom is 0.257 e. The van der Waals surface area contributed by atoms with Crippen LogP contribution in [-0.4, -0.2) is 30.8 Å². The van der Waals surface area contributed by atoms with Crippen molar-refractivity contribution >= 4 is 5.91 Å². The van der Waals surface area contributed by atoms with Crippen LogP contribution >= 0.6 is 0 Å². The Morgan fingerprint density at radius 3 is 2.94 bits per heavy atom. The average Bonchev–Trinajstić information content (AvgIpc) is 2.33. The number of aryl methyl sites for hydroxylation is 1. The van der Waals surface area contributed by atoms with Gasteiger partial charge < -0.3 is 15.2 Å². The zero-order valence-electron chi connectivity index (χ0n) is 10.3. The van der Waals surface area contributed by atoms with Gasteiger partial charge in [-0.1, -0.05) is 19.1 Å². The van der Waals surface area contributed by atoms with Crippen molar-refractivity contribution in [3.05, 3.63) is 29.8 Å². The lowest BCUT2D eigenvalue weighted by Gasteiger charge is -2.10. The molecular weight excluding hydrogens is 218 g/mol. The van der Waals surface area contributed by atoms with Gasteiger partial charge in [0, 0.05) is 13.2 Å². The van der Waals surface area contributed by atoms with E-state index in [9.17, 15) is 4.79 Å². The fourth-order valence-corrected chi connectivity index (χ4v) is 1.26. The first-order chi connectivity index (χ1) is 8.11. The number of carbonyl (C=O) groups excluding carboxylic acids is 1. The molecule has 0 aliphatic rings. The molecule has 1 aromatic rings. The summed E-state index contributed by atoms with van der Waals surface area (Å²) < 4.78 is 5.34. The van der Waals surface area contributed by atoms with Gasteiger partial charge in [0.2, 0.25) is 0 Å². The van der Waals surface area contributed by atoms with Gasteiger partial charge in [0.25, 0.3) is 5.91 Å². The quantitative estimate of drug-likeness (QED) is 0.779. The minimum absolute atomic E-state index is 0.00159. The lowest BCUT2D eigenvalue weighted by atomic mass is 10.2. The van der Waals surface area contributed by atoms with Crippen LogP contribution in [0.25, 0.3) is 0 Å². The molecule has 4 nitrogen and oxygen atoms in total. The molecule has 2 N–H and O–H groups in total. The van der Waals surface area contributed by atoms with Gasteiger partial charge in [0.1, 0.15) is 5.75 Å². The van der Waals surface area contributed by atoms with E-state index in [4.69, 9.17) is 9.84 Å². The lowest BCUT2D eigenvalue weighted by molar-refractivity contribution is -0.123. The second-order valence-electron chi connectivity index (χ2n) is 4.20. The van der Waals surface area contributed by atoms with E-state index >= 15 is 0 Å². The smallest absolute Gasteiger partial charge is 0.257 e. The number of nitrogens with one attached hydrogen (secondary N) is 1. The van der Waals surface area contributed by atoms with Crippen LogP contribution in [-0.2, 0) is 4.79 Å². The molecule has 0 aliphatic carbocycles. The predicted octanol–water partition coefficient (Wildman–Crippen LogP) is 1.12. The SMILES string of the molecule is Cc1cccc(OCC(=O)NCC(C)CO)c1. The number of amides is 1. The van der Waals surface area contributed by atoms with Crippen molar-refractivity contribution in [2.45, 2.75) is 13.8 Å². The zero-order valence-corrected chi connectivity index (χ0v) is 10.3. The number of hydrogen-bond donors (Lipinski definition) is 2. The molecule has 0 aromatic heterocycles. The zero-order chi connectivity index (χ0) is 12.7. The fraction of sp³-hybridized carbons (Fsp3) is 0.462. The maximum absolute atomic E-state index is 11.4. The first-order valence-electron chi connectivity index (χ1n) is 5.69. The first-order valence-corrected chi connectivity index (χ1v) is 5.69. The molecule has 0 radical (unpaired) electrons. The van der Waals surface area contributed by atoms with Gasteiger partial charge in [-0.15, -0.1) is 0 Å². The summed E-state index contributed by atoms with van der Waals surface area (Å²) in [6.07, 6.45) is 0. The molecule has 1 rings (SSSR count). The maximum atomic E-state index is 11.4. The Balaban J connectivity index is 2.28. The Kier molecular flexibility index (Phi) is 5.49. The molecule has 17 heavy (non-hydrogen) atoms. The number of hydrogen-bond acceptors (Lipinski definition) is 3. The van der Waals surface area contributed by atoms with E-state index in [1.54, 1.807) is 0 Å². The molecule has 1 unspecified atom stereocenters. The van der Waals surface area contributed by atoms with Gasteiger partial charge in [0.15, 0.2) is 6.61 Å². The third kappa shape index (κ3) is 5.36. The molecular formula is C13H19NO3. The molecule has 1 amide bonds. The van der Waals surface area contributed by atoms with E-state index in [-0.39, 0.29) is 25.0 Å². The van der Waals surface area contributed by atoms with Crippen molar-refractivity contribution in [3.63, 3.8) is 0 Å². The van der Waals surface area contributed by atoms with Crippen LogP contribution in [0, 0.1) is 12.8 Å². The summed E-state index contributed by atoms with van der Waals surface area (Å²) in [6, 6.07) is 7.55. The van der Waals surface area contributed by atoms with Crippen LogP contribution in [0.2, 0.25) is 0 Å². The van der Waals surface area contributed by atoms with Gasteiger partial charge in [-0.3, -0.25) is 4.79 Å². The summed E-state index contributed by atoms with van der Waals surface area (Å²) in [5.41, 5.74) is 1.09. The summed E-state index contributed by atoms with van der Waals surface area (Å²) in [7, 11) is 0. The highest BCUT2D eigenvalue weighted by Crippen LogP contribution is 2.11. The van der Waals surface area contributed by atoms with Crippen LogP contribution in [0.4, 0.5) is 0 Å². The number of rotatable bonds is 6.